The zero-order chi connectivity index (χ0) is 11.4. The fraction of sp³-hybridized carbons (Fsp3) is 0.182. The number of hydrogen-bond donors (Lipinski definition) is 0. The molecule has 0 aliphatic rings. The van der Waals surface area contributed by atoms with Crippen LogP contribution in [0, 0.1) is 0 Å². The summed E-state index contributed by atoms with van der Waals surface area (Å²) in [4.78, 5) is 19.2. The fourth-order valence-corrected chi connectivity index (χ4v) is 1.19. The van der Waals surface area contributed by atoms with Gasteiger partial charge in [0.25, 0.3) is 0 Å². The van der Waals surface area contributed by atoms with Crippen molar-refractivity contribution in [2.24, 2.45) is 0 Å². The van der Waals surface area contributed by atoms with Crippen LogP contribution in [0.4, 0.5) is 0 Å². The van der Waals surface area contributed by atoms with E-state index >= 15 is 0 Å². The van der Waals surface area contributed by atoms with Crippen LogP contribution in [-0.4, -0.2) is 22.5 Å². The number of esters is 1. The van der Waals surface area contributed by atoms with Gasteiger partial charge in [-0.15, -0.1) is 0 Å². The predicted octanol–water partition coefficient (Wildman–Crippen LogP) is 1.91. The SMILES string of the molecule is CCOC(=O)c1ncc(-c2ccccn2)o1. The number of carbonyl (C=O) groups is 1. The summed E-state index contributed by atoms with van der Waals surface area (Å²) in [6.07, 6.45) is 3.09. The van der Waals surface area contributed by atoms with Crippen molar-refractivity contribution in [1.82, 2.24) is 9.97 Å². The molecule has 2 aromatic heterocycles. The van der Waals surface area contributed by atoms with Crippen molar-refractivity contribution < 1.29 is 13.9 Å². The number of rotatable bonds is 3. The maximum atomic E-state index is 11.3. The van der Waals surface area contributed by atoms with E-state index in [2.05, 4.69) is 9.97 Å². The van der Waals surface area contributed by atoms with E-state index in [0.717, 1.165) is 0 Å². The van der Waals surface area contributed by atoms with Gasteiger partial charge in [0.05, 0.1) is 12.8 Å². The zero-order valence-electron chi connectivity index (χ0n) is 8.71. The van der Waals surface area contributed by atoms with Gasteiger partial charge in [0.2, 0.25) is 0 Å². The van der Waals surface area contributed by atoms with Crippen LogP contribution < -0.4 is 0 Å². The topological polar surface area (TPSA) is 65.2 Å². The molecule has 5 nitrogen and oxygen atoms in total. The third-order valence-electron chi connectivity index (χ3n) is 1.87. The van der Waals surface area contributed by atoms with Crippen LogP contribution in [0.15, 0.2) is 35.0 Å². The first-order valence-corrected chi connectivity index (χ1v) is 4.85. The first-order chi connectivity index (χ1) is 7.81. The molecule has 82 valence electrons. The molecule has 0 aliphatic carbocycles. The summed E-state index contributed by atoms with van der Waals surface area (Å²) in [6, 6.07) is 5.40. The van der Waals surface area contributed by atoms with E-state index in [1.807, 2.05) is 6.07 Å². The predicted molar refractivity (Wildman–Crippen MR) is 55.7 cm³/mol. The van der Waals surface area contributed by atoms with Gasteiger partial charge in [-0.3, -0.25) is 4.98 Å². The Balaban J connectivity index is 2.23. The summed E-state index contributed by atoms with van der Waals surface area (Å²) in [5, 5.41) is 0. The number of aromatic nitrogens is 2. The average Bonchev–Trinajstić information content (AvgIpc) is 2.80. The van der Waals surface area contributed by atoms with Gasteiger partial charge in [0.15, 0.2) is 5.76 Å². The molecule has 0 amide bonds. The Morgan fingerprint density at radius 3 is 3.00 bits per heavy atom. The summed E-state index contributed by atoms with van der Waals surface area (Å²) in [7, 11) is 0. The van der Waals surface area contributed by atoms with E-state index in [-0.39, 0.29) is 5.89 Å². The Hall–Kier alpha value is -2.17. The number of ether oxygens (including phenoxy) is 1. The quantitative estimate of drug-likeness (QED) is 0.736. The van der Waals surface area contributed by atoms with Gasteiger partial charge in [0.1, 0.15) is 5.69 Å². The molecule has 2 rings (SSSR count). The van der Waals surface area contributed by atoms with Crippen LogP contribution in [-0.2, 0) is 4.74 Å². The maximum Gasteiger partial charge on any atom is 0.394 e. The Morgan fingerprint density at radius 1 is 1.44 bits per heavy atom. The molecule has 0 saturated heterocycles. The largest absolute Gasteiger partial charge is 0.459 e. The van der Waals surface area contributed by atoms with E-state index in [1.165, 1.54) is 6.20 Å². The highest BCUT2D eigenvalue weighted by atomic mass is 16.5. The Kier molecular flexibility index (Phi) is 2.95. The third-order valence-corrected chi connectivity index (χ3v) is 1.87. The second-order valence-electron chi connectivity index (χ2n) is 2.97. The normalized spacial score (nSPS) is 10.1. The number of oxazole rings is 1. The number of pyridine rings is 1. The van der Waals surface area contributed by atoms with Crippen molar-refractivity contribution in [1.29, 1.82) is 0 Å². The lowest BCUT2D eigenvalue weighted by molar-refractivity contribution is 0.0482. The first kappa shape index (κ1) is 10.4. The highest BCUT2D eigenvalue weighted by Crippen LogP contribution is 2.17. The minimum absolute atomic E-state index is 0.0532. The highest BCUT2D eigenvalue weighted by Gasteiger charge is 2.15. The Bertz CT molecular complexity index is 479. The summed E-state index contributed by atoms with van der Waals surface area (Å²) < 4.78 is 10.00. The van der Waals surface area contributed by atoms with Gasteiger partial charge < -0.3 is 9.15 Å². The molecule has 0 aromatic carbocycles. The van der Waals surface area contributed by atoms with E-state index in [1.54, 1.807) is 25.3 Å². The first-order valence-electron chi connectivity index (χ1n) is 4.85. The number of nitrogens with zero attached hydrogens (tertiary/aromatic N) is 2. The number of carbonyl (C=O) groups excluding carboxylic acids is 1. The zero-order valence-corrected chi connectivity index (χ0v) is 8.71. The monoisotopic (exact) mass is 218 g/mol. The molecule has 0 atom stereocenters. The molecule has 0 saturated carbocycles. The summed E-state index contributed by atoms with van der Waals surface area (Å²) in [5.74, 6) is -0.171. The molecule has 16 heavy (non-hydrogen) atoms. The Labute approximate surface area is 92.1 Å². The minimum Gasteiger partial charge on any atom is -0.459 e. The van der Waals surface area contributed by atoms with Crippen LogP contribution in [0.1, 0.15) is 17.6 Å². The highest BCUT2D eigenvalue weighted by molar-refractivity contribution is 5.84. The fourth-order valence-electron chi connectivity index (χ4n) is 1.19. The molecule has 0 spiro atoms. The molecule has 0 unspecified atom stereocenters. The molecule has 0 aliphatic heterocycles. The van der Waals surface area contributed by atoms with Gasteiger partial charge in [0, 0.05) is 6.20 Å². The standard InChI is InChI=1S/C11H10N2O3/c1-2-15-11(14)10-13-7-9(16-10)8-5-3-4-6-12-8/h3-7H,2H2,1H3. The second kappa shape index (κ2) is 4.57. The van der Waals surface area contributed by atoms with Gasteiger partial charge >= 0.3 is 11.9 Å². The molecular formula is C11H10N2O3. The smallest absolute Gasteiger partial charge is 0.394 e. The van der Waals surface area contributed by atoms with Crippen molar-refractivity contribution in [3.8, 4) is 11.5 Å². The molecule has 5 heteroatoms. The third kappa shape index (κ3) is 2.08. The van der Waals surface area contributed by atoms with Gasteiger partial charge in [-0.05, 0) is 19.1 Å². The van der Waals surface area contributed by atoms with E-state index in [4.69, 9.17) is 9.15 Å². The van der Waals surface area contributed by atoms with Crippen LogP contribution in [0.2, 0.25) is 0 Å². The molecule has 0 fully saturated rings. The maximum absolute atomic E-state index is 11.3. The second-order valence-corrected chi connectivity index (χ2v) is 2.97. The van der Waals surface area contributed by atoms with Crippen LogP contribution in [0.5, 0.6) is 0 Å². The van der Waals surface area contributed by atoms with Crippen molar-refractivity contribution in [2.45, 2.75) is 6.92 Å². The lowest BCUT2D eigenvalue weighted by Crippen LogP contribution is -2.04. The van der Waals surface area contributed by atoms with Crippen molar-refractivity contribution in [3.05, 3.63) is 36.5 Å². The Morgan fingerprint density at radius 2 is 2.31 bits per heavy atom. The minimum atomic E-state index is -0.565. The van der Waals surface area contributed by atoms with E-state index < -0.39 is 5.97 Å². The van der Waals surface area contributed by atoms with Crippen LogP contribution in [0.3, 0.4) is 0 Å². The molecule has 0 N–H and O–H groups in total. The average molecular weight is 218 g/mol. The molecule has 2 heterocycles. The summed E-state index contributed by atoms with van der Waals surface area (Å²) in [5.41, 5.74) is 0.630. The lowest BCUT2D eigenvalue weighted by Gasteiger charge is -1.95. The summed E-state index contributed by atoms with van der Waals surface area (Å²) >= 11 is 0. The van der Waals surface area contributed by atoms with Crippen molar-refractivity contribution in [3.63, 3.8) is 0 Å². The molecular weight excluding hydrogens is 208 g/mol. The van der Waals surface area contributed by atoms with Gasteiger partial charge in [-0.2, -0.15) is 0 Å². The van der Waals surface area contributed by atoms with Crippen molar-refractivity contribution >= 4 is 5.97 Å². The van der Waals surface area contributed by atoms with Crippen molar-refractivity contribution in [2.75, 3.05) is 6.61 Å². The number of hydrogen-bond acceptors (Lipinski definition) is 5. The van der Waals surface area contributed by atoms with E-state index in [9.17, 15) is 4.79 Å². The molecule has 2 aromatic rings. The van der Waals surface area contributed by atoms with Crippen LogP contribution in [0.25, 0.3) is 11.5 Å². The molecule has 0 radical (unpaired) electrons. The summed E-state index contributed by atoms with van der Waals surface area (Å²) in [6.45, 7) is 2.01. The van der Waals surface area contributed by atoms with Gasteiger partial charge in [-0.25, -0.2) is 9.78 Å². The van der Waals surface area contributed by atoms with E-state index in [0.29, 0.717) is 18.1 Å². The van der Waals surface area contributed by atoms with Gasteiger partial charge in [-0.1, -0.05) is 6.07 Å². The lowest BCUT2D eigenvalue weighted by atomic mass is 10.3. The van der Waals surface area contributed by atoms with Crippen LogP contribution >= 0.6 is 0 Å². The molecule has 0 bridgehead atoms.